The second-order valence-electron chi connectivity index (χ2n) is 0. The number of hydrogen-bond acceptors (Lipinski definition) is 3. The van der Waals surface area contributed by atoms with Gasteiger partial charge < -0.3 is 40.4 Å². The van der Waals surface area contributed by atoms with Crippen molar-refractivity contribution in [2.24, 2.45) is 0 Å². The molecule has 0 spiro atoms. The van der Waals surface area contributed by atoms with Crippen LogP contribution in [0.1, 0.15) is 0 Å². The van der Waals surface area contributed by atoms with E-state index in [0.717, 1.165) is 0 Å². The zero-order valence-electron chi connectivity index (χ0n) is 4.12. The van der Waals surface area contributed by atoms with Gasteiger partial charge in [-0.15, -0.1) is 0 Å². The van der Waals surface area contributed by atoms with Gasteiger partial charge in [-0.25, -0.2) is 0 Å². The predicted octanol–water partition coefficient (Wildman–Crippen LogP) is -2.81. The molecule has 0 amide bonds. The van der Waals surface area contributed by atoms with E-state index in [9.17, 15) is 0 Å². The second-order valence-corrected chi connectivity index (χ2v) is 0. The first-order valence-corrected chi connectivity index (χ1v) is 0. The summed E-state index contributed by atoms with van der Waals surface area (Å²) in [4.78, 5) is 0. The van der Waals surface area contributed by atoms with Gasteiger partial charge in [0, 0.05) is 0 Å². The number of hydrogen-bond donors (Lipinski definition) is 3. The standard InChI is InChI=1S/3H3N.4H2O/h3*1H3;4*1H2. The lowest BCUT2D eigenvalue weighted by atomic mass is 14.0. The Morgan fingerprint density at radius 3 is 0.286 bits per heavy atom. The molecule has 7 heavy (non-hydrogen) atoms. The molecule has 0 aromatic carbocycles. The monoisotopic (exact) mass is 123 g/mol. The first-order chi connectivity index (χ1) is 0. The fourth-order valence-electron chi connectivity index (χ4n) is 0. The average molecular weight is 123 g/mol. The van der Waals surface area contributed by atoms with Crippen LogP contribution in [0.25, 0.3) is 0 Å². The molecule has 0 saturated heterocycles. The topological polar surface area (TPSA) is 231 Å². The van der Waals surface area contributed by atoms with E-state index in [-0.39, 0.29) is 40.4 Å². The van der Waals surface area contributed by atoms with Crippen molar-refractivity contribution in [1.82, 2.24) is 18.5 Å². The van der Waals surface area contributed by atoms with Gasteiger partial charge in [0.25, 0.3) is 0 Å². The van der Waals surface area contributed by atoms with Gasteiger partial charge in [0.2, 0.25) is 0 Å². The van der Waals surface area contributed by atoms with Crippen molar-refractivity contribution < 1.29 is 21.9 Å². The molecule has 7 nitrogen and oxygen atoms in total. The molecule has 7 heteroatoms. The van der Waals surface area contributed by atoms with E-state index in [1.54, 1.807) is 0 Å². The summed E-state index contributed by atoms with van der Waals surface area (Å²) in [6, 6.07) is 0. The van der Waals surface area contributed by atoms with E-state index in [1.165, 1.54) is 0 Å². The molecule has 0 atom stereocenters. The molecule has 17 N–H and O–H groups in total. The molecule has 0 aromatic rings. The molecule has 0 aliphatic rings. The van der Waals surface area contributed by atoms with Crippen LogP contribution in [0.3, 0.4) is 0 Å². The highest BCUT2D eigenvalue weighted by molar-refractivity contribution is 2.14. The van der Waals surface area contributed by atoms with Crippen molar-refractivity contribution in [2.75, 3.05) is 0 Å². The minimum Gasteiger partial charge on any atom is -0.412 e. The quantitative estimate of drug-likeness (QED) is 0.309. The van der Waals surface area contributed by atoms with Crippen LogP contribution in [0.2, 0.25) is 0 Å². The SMILES string of the molecule is N.N.N.O.O.O.O. The van der Waals surface area contributed by atoms with Crippen LogP contribution < -0.4 is 18.5 Å². The molecule has 0 fully saturated rings. The van der Waals surface area contributed by atoms with Gasteiger partial charge in [0.05, 0.1) is 0 Å². The molecule has 0 saturated carbocycles. The summed E-state index contributed by atoms with van der Waals surface area (Å²) < 4.78 is 0. The van der Waals surface area contributed by atoms with Crippen molar-refractivity contribution in [3.05, 3.63) is 0 Å². The minimum absolute atomic E-state index is 0. The van der Waals surface area contributed by atoms with Crippen LogP contribution in [0, 0.1) is 0 Å². The fourth-order valence-corrected chi connectivity index (χ4v) is 0. The molecular weight excluding hydrogens is 106 g/mol. The zero-order chi connectivity index (χ0) is 0. The average Bonchev–Trinajstić information content (AvgIpc) is 0. The summed E-state index contributed by atoms with van der Waals surface area (Å²) in [7, 11) is 0. The summed E-state index contributed by atoms with van der Waals surface area (Å²) in [5, 5.41) is 0. The normalized spacial score (nSPS) is 0. The summed E-state index contributed by atoms with van der Waals surface area (Å²) in [5.41, 5.74) is 0. The van der Waals surface area contributed by atoms with Gasteiger partial charge in [-0.3, -0.25) is 0 Å². The minimum atomic E-state index is 0. The van der Waals surface area contributed by atoms with Crippen molar-refractivity contribution in [3.63, 3.8) is 0 Å². The third-order valence-electron chi connectivity index (χ3n) is 0. The molecule has 56 valence electrons. The highest BCUT2D eigenvalue weighted by atomic mass is 16.0. The Hall–Kier alpha value is -0.280. The Labute approximate surface area is 41.7 Å². The molecule has 0 aromatic heterocycles. The van der Waals surface area contributed by atoms with Gasteiger partial charge in [0.15, 0.2) is 0 Å². The fraction of sp³-hybridized carbons (Fsp3) is 0. The molecule has 0 rings (SSSR count). The molecule has 0 unspecified atom stereocenters. The Bertz CT molecular complexity index is 6.90. The Kier molecular flexibility index (Phi) is 651000. The summed E-state index contributed by atoms with van der Waals surface area (Å²) in [6.45, 7) is 0. The molecular formula is H17N3O4. The summed E-state index contributed by atoms with van der Waals surface area (Å²) >= 11 is 0. The first-order valence-electron chi connectivity index (χ1n) is 0. The largest absolute Gasteiger partial charge is 0.412 e. The summed E-state index contributed by atoms with van der Waals surface area (Å²) in [5.74, 6) is 0. The Morgan fingerprint density at radius 2 is 0.286 bits per heavy atom. The smallest absolute Gasteiger partial charge is 0.344 e. The van der Waals surface area contributed by atoms with E-state index in [1.807, 2.05) is 0 Å². The maximum absolute atomic E-state index is 0. The van der Waals surface area contributed by atoms with E-state index >= 15 is 0 Å². The predicted molar refractivity (Wildman–Crippen MR) is 29.5 cm³/mol. The third kappa shape index (κ3) is 1010. The molecule has 0 bridgehead atoms. The molecule has 0 aliphatic carbocycles. The van der Waals surface area contributed by atoms with E-state index < -0.39 is 0 Å². The van der Waals surface area contributed by atoms with Crippen molar-refractivity contribution in [2.45, 2.75) is 0 Å². The van der Waals surface area contributed by atoms with Gasteiger partial charge in [-0.2, -0.15) is 0 Å². The second kappa shape index (κ2) is 1630. The van der Waals surface area contributed by atoms with Crippen LogP contribution in [0.5, 0.6) is 0 Å². The van der Waals surface area contributed by atoms with E-state index in [0.29, 0.717) is 0 Å². The highest BCUT2D eigenvalue weighted by Gasteiger charge is -0.342. The van der Waals surface area contributed by atoms with Crippen LogP contribution in [-0.2, 0) is 0 Å². The molecule has 0 heterocycles. The van der Waals surface area contributed by atoms with Crippen LogP contribution in [-0.4, -0.2) is 21.9 Å². The zero-order valence-corrected chi connectivity index (χ0v) is 4.12. The maximum Gasteiger partial charge on any atom is -0.344 e. The van der Waals surface area contributed by atoms with Crippen molar-refractivity contribution in [1.29, 1.82) is 0 Å². The van der Waals surface area contributed by atoms with Crippen molar-refractivity contribution >= 4 is 0 Å². The number of rotatable bonds is 0. The van der Waals surface area contributed by atoms with Gasteiger partial charge in [-0.05, 0) is 0 Å². The first kappa shape index (κ1) is 2800. The van der Waals surface area contributed by atoms with Crippen LogP contribution >= 0.6 is 0 Å². The maximum atomic E-state index is 0. The lowest BCUT2D eigenvalue weighted by Crippen LogP contribution is -0.482. The third-order valence-corrected chi connectivity index (χ3v) is 0. The lowest BCUT2D eigenvalue weighted by Gasteiger charge is -0.413. The lowest BCUT2D eigenvalue weighted by molar-refractivity contribution is 0.823. The highest BCUT2D eigenvalue weighted by Crippen LogP contribution is -0.286. The van der Waals surface area contributed by atoms with Gasteiger partial charge in [-0.1, -0.05) is 0 Å². The van der Waals surface area contributed by atoms with Crippen LogP contribution in [0.4, 0.5) is 0 Å². The summed E-state index contributed by atoms with van der Waals surface area (Å²) in [6.07, 6.45) is 0. The van der Waals surface area contributed by atoms with Gasteiger partial charge in [0.1, 0.15) is 0 Å². The Balaban J connectivity index is 0. The Morgan fingerprint density at radius 1 is 0.286 bits per heavy atom. The van der Waals surface area contributed by atoms with Crippen molar-refractivity contribution in [3.8, 4) is 0 Å². The van der Waals surface area contributed by atoms with Crippen LogP contribution in [0.15, 0.2) is 0 Å². The van der Waals surface area contributed by atoms with Gasteiger partial charge >= 0.3 is 0 Å². The molecule has 0 aliphatic heterocycles. The molecule has 0 radical (unpaired) electrons. The van der Waals surface area contributed by atoms with E-state index in [2.05, 4.69) is 0 Å². The van der Waals surface area contributed by atoms with E-state index in [4.69, 9.17) is 0 Å².